The molecule has 0 fully saturated rings. The zero-order valence-electron chi connectivity index (χ0n) is 10.0. The van der Waals surface area contributed by atoms with Crippen LogP contribution in [0.1, 0.15) is 17.2 Å². The fraction of sp³-hybridized carbons (Fsp3) is 0.143. The van der Waals surface area contributed by atoms with Gasteiger partial charge < -0.3 is 9.84 Å². The van der Waals surface area contributed by atoms with Crippen LogP contribution in [0.4, 0.5) is 4.39 Å². The van der Waals surface area contributed by atoms with Crippen LogP contribution >= 0.6 is 23.2 Å². The molecule has 1 unspecified atom stereocenters. The molecule has 5 heteroatoms. The zero-order chi connectivity index (χ0) is 14.0. The monoisotopic (exact) mass is 300 g/mol. The van der Waals surface area contributed by atoms with E-state index < -0.39 is 11.9 Å². The highest BCUT2D eigenvalue weighted by atomic mass is 35.5. The molecular formula is C14H11Cl2FO2. The molecule has 2 aromatic rings. The quantitative estimate of drug-likeness (QED) is 0.919. The van der Waals surface area contributed by atoms with E-state index in [0.717, 1.165) is 0 Å². The smallest absolute Gasteiger partial charge is 0.165 e. The van der Waals surface area contributed by atoms with E-state index in [9.17, 15) is 9.50 Å². The predicted molar refractivity (Wildman–Crippen MR) is 73.5 cm³/mol. The SMILES string of the molecule is COc1ccc(C(O)c2ccc(Cl)c(Cl)c2)cc1F. The topological polar surface area (TPSA) is 29.5 Å². The Morgan fingerprint density at radius 3 is 2.26 bits per heavy atom. The molecule has 0 bridgehead atoms. The van der Waals surface area contributed by atoms with Gasteiger partial charge in [0, 0.05) is 0 Å². The minimum absolute atomic E-state index is 0.130. The number of halogens is 3. The summed E-state index contributed by atoms with van der Waals surface area (Å²) in [6.07, 6.45) is -0.977. The van der Waals surface area contributed by atoms with Crippen molar-refractivity contribution in [3.8, 4) is 5.75 Å². The number of ether oxygens (including phenoxy) is 1. The summed E-state index contributed by atoms with van der Waals surface area (Å²) in [5, 5.41) is 10.9. The van der Waals surface area contributed by atoms with Gasteiger partial charge in [-0.25, -0.2) is 4.39 Å². The van der Waals surface area contributed by atoms with Crippen molar-refractivity contribution in [3.63, 3.8) is 0 Å². The Kier molecular flexibility index (Phi) is 4.30. The van der Waals surface area contributed by atoms with E-state index in [-0.39, 0.29) is 5.75 Å². The number of hydrogen-bond donors (Lipinski definition) is 1. The number of aliphatic hydroxyl groups is 1. The van der Waals surface area contributed by atoms with Gasteiger partial charge in [0.2, 0.25) is 0 Å². The summed E-state index contributed by atoms with van der Waals surface area (Å²) >= 11 is 11.7. The Morgan fingerprint density at radius 1 is 1.05 bits per heavy atom. The lowest BCUT2D eigenvalue weighted by atomic mass is 10.0. The van der Waals surface area contributed by atoms with Crippen LogP contribution in [0.3, 0.4) is 0 Å². The summed E-state index contributed by atoms with van der Waals surface area (Å²) < 4.78 is 18.4. The van der Waals surface area contributed by atoms with E-state index >= 15 is 0 Å². The molecule has 2 aromatic carbocycles. The Morgan fingerprint density at radius 2 is 1.68 bits per heavy atom. The molecule has 2 rings (SSSR count). The summed E-state index contributed by atoms with van der Waals surface area (Å²) in [5.74, 6) is -0.399. The fourth-order valence-corrected chi connectivity index (χ4v) is 2.03. The molecule has 1 atom stereocenters. The molecule has 0 radical (unpaired) electrons. The maximum Gasteiger partial charge on any atom is 0.165 e. The van der Waals surface area contributed by atoms with Gasteiger partial charge in [-0.1, -0.05) is 35.3 Å². The first-order valence-electron chi connectivity index (χ1n) is 5.49. The highest BCUT2D eigenvalue weighted by molar-refractivity contribution is 6.42. The number of benzene rings is 2. The number of rotatable bonds is 3. The summed E-state index contributed by atoms with van der Waals surface area (Å²) in [6.45, 7) is 0. The van der Waals surface area contributed by atoms with E-state index in [4.69, 9.17) is 27.9 Å². The van der Waals surface area contributed by atoms with Crippen molar-refractivity contribution in [1.82, 2.24) is 0 Å². The van der Waals surface area contributed by atoms with Crippen molar-refractivity contribution in [2.75, 3.05) is 7.11 Å². The highest BCUT2D eigenvalue weighted by Crippen LogP contribution is 2.30. The molecule has 2 nitrogen and oxygen atoms in total. The molecule has 0 saturated carbocycles. The van der Waals surface area contributed by atoms with Gasteiger partial charge in [-0.2, -0.15) is 0 Å². The zero-order valence-corrected chi connectivity index (χ0v) is 11.5. The van der Waals surface area contributed by atoms with Gasteiger partial charge in [-0.05, 0) is 35.4 Å². The maximum atomic E-state index is 13.6. The molecular weight excluding hydrogens is 290 g/mol. The second-order valence-corrected chi connectivity index (χ2v) is 4.78. The molecule has 0 aliphatic carbocycles. The lowest BCUT2D eigenvalue weighted by Crippen LogP contribution is -2.01. The van der Waals surface area contributed by atoms with Crippen molar-refractivity contribution in [3.05, 3.63) is 63.4 Å². The molecule has 0 saturated heterocycles. The minimum Gasteiger partial charge on any atom is -0.494 e. The summed E-state index contributed by atoms with van der Waals surface area (Å²) in [6, 6.07) is 9.06. The lowest BCUT2D eigenvalue weighted by Gasteiger charge is -2.13. The largest absolute Gasteiger partial charge is 0.494 e. The molecule has 0 spiro atoms. The van der Waals surface area contributed by atoms with E-state index in [1.165, 1.54) is 19.2 Å². The van der Waals surface area contributed by atoms with Crippen LogP contribution in [0.25, 0.3) is 0 Å². The Balaban J connectivity index is 2.35. The first-order chi connectivity index (χ1) is 9.02. The molecule has 0 amide bonds. The molecule has 0 aliphatic rings. The lowest BCUT2D eigenvalue weighted by molar-refractivity contribution is 0.219. The first-order valence-corrected chi connectivity index (χ1v) is 6.25. The molecule has 19 heavy (non-hydrogen) atoms. The van der Waals surface area contributed by atoms with Gasteiger partial charge in [-0.3, -0.25) is 0 Å². The average molecular weight is 301 g/mol. The standard InChI is InChI=1S/C14H11Cl2FO2/c1-19-13-5-3-9(7-12(13)17)14(18)8-2-4-10(15)11(16)6-8/h2-7,14,18H,1H3. The third-order valence-corrected chi connectivity index (χ3v) is 3.49. The Hall–Kier alpha value is -1.29. The van der Waals surface area contributed by atoms with Crippen molar-refractivity contribution in [2.24, 2.45) is 0 Å². The van der Waals surface area contributed by atoms with Gasteiger partial charge in [0.05, 0.1) is 17.2 Å². The van der Waals surface area contributed by atoms with Gasteiger partial charge >= 0.3 is 0 Å². The van der Waals surface area contributed by atoms with Crippen LogP contribution in [-0.4, -0.2) is 12.2 Å². The Labute approximate surface area is 120 Å². The maximum absolute atomic E-state index is 13.6. The van der Waals surface area contributed by atoms with Gasteiger partial charge in [-0.15, -0.1) is 0 Å². The molecule has 100 valence electrons. The van der Waals surface area contributed by atoms with E-state index in [0.29, 0.717) is 21.2 Å². The van der Waals surface area contributed by atoms with Gasteiger partial charge in [0.25, 0.3) is 0 Å². The molecule has 0 aromatic heterocycles. The molecule has 0 aliphatic heterocycles. The van der Waals surface area contributed by atoms with E-state index in [1.807, 2.05) is 0 Å². The number of aliphatic hydroxyl groups excluding tert-OH is 1. The van der Waals surface area contributed by atoms with E-state index in [1.54, 1.807) is 24.3 Å². The van der Waals surface area contributed by atoms with Gasteiger partial charge in [0.15, 0.2) is 11.6 Å². The third-order valence-electron chi connectivity index (χ3n) is 2.75. The van der Waals surface area contributed by atoms with Crippen molar-refractivity contribution in [1.29, 1.82) is 0 Å². The van der Waals surface area contributed by atoms with Crippen LogP contribution in [0, 0.1) is 5.82 Å². The van der Waals surface area contributed by atoms with Crippen molar-refractivity contribution < 1.29 is 14.2 Å². The average Bonchev–Trinajstić information content (AvgIpc) is 2.41. The van der Waals surface area contributed by atoms with Gasteiger partial charge in [0.1, 0.15) is 6.10 Å². The number of methoxy groups -OCH3 is 1. The molecule has 0 heterocycles. The highest BCUT2D eigenvalue weighted by Gasteiger charge is 2.14. The Bertz CT molecular complexity index is 602. The van der Waals surface area contributed by atoms with Crippen molar-refractivity contribution >= 4 is 23.2 Å². The van der Waals surface area contributed by atoms with Crippen LogP contribution < -0.4 is 4.74 Å². The van der Waals surface area contributed by atoms with E-state index in [2.05, 4.69) is 0 Å². The normalized spacial score (nSPS) is 12.3. The third kappa shape index (κ3) is 3.00. The van der Waals surface area contributed by atoms with Crippen LogP contribution in [-0.2, 0) is 0 Å². The summed E-state index contributed by atoms with van der Waals surface area (Å²) in [5.41, 5.74) is 0.954. The minimum atomic E-state index is -0.977. The second-order valence-electron chi connectivity index (χ2n) is 3.97. The predicted octanol–water partition coefficient (Wildman–Crippen LogP) is 4.22. The second kappa shape index (κ2) is 5.78. The number of hydrogen-bond acceptors (Lipinski definition) is 2. The molecule has 1 N–H and O–H groups in total. The summed E-state index contributed by atoms with van der Waals surface area (Å²) in [7, 11) is 1.38. The fourth-order valence-electron chi connectivity index (χ4n) is 1.73. The van der Waals surface area contributed by atoms with Crippen molar-refractivity contribution in [2.45, 2.75) is 6.10 Å². The van der Waals surface area contributed by atoms with Crippen LogP contribution in [0.15, 0.2) is 36.4 Å². The van der Waals surface area contributed by atoms with Crippen LogP contribution in [0.5, 0.6) is 5.75 Å². The first kappa shape index (κ1) is 14.1. The van der Waals surface area contributed by atoms with Crippen LogP contribution in [0.2, 0.25) is 10.0 Å². The summed E-state index contributed by atoms with van der Waals surface area (Å²) in [4.78, 5) is 0.